The molecule has 0 amide bonds. The van der Waals surface area contributed by atoms with Crippen LogP contribution in [0.25, 0.3) is 0 Å². The normalized spacial score (nSPS) is 23.6. The number of anilines is 1. The first kappa shape index (κ1) is 25.5. The highest BCUT2D eigenvalue weighted by molar-refractivity contribution is 7.93. The molecule has 7 nitrogen and oxygen atoms in total. The van der Waals surface area contributed by atoms with Crippen molar-refractivity contribution in [3.8, 4) is 5.75 Å². The second kappa shape index (κ2) is 11.0. The molecule has 0 spiro atoms. The van der Waals surface area contributed by atoms with E-state index >= 15 is 0 Å². The number of ether oxygens (including phenoxy) is 1. The maximum absolute atomic E-state index is 13.7. The summed E-state index contributed by atoms with van der Waals surface area (Å²) in [6, 6.07) is 4.61. The summed E-state index contributed by atoms with van der Waals surface area (Å²) in [6.07, 6.45) is 7.66. The summed E-state index contributed by atoms with van der Waals surface area (Å²) in [5.74, 6) is 0.0583. The van der Waals surface area contributed by atoms with Gasteiger partial charge in [-0.25, -0.2) is 17.8 Å². The Morgan fingerprint density at radius 2 is 2.20 bits per heavy atom. The van der Waals surface area contributed by atoms with Crippen molar-refractivity contribution in [2.75, 3.05) is 24.5 Å². The molecule has 1 aromatic carbocycles. The van der Waals surface area contributed by atoms with Crippen LogP contribution in [0.1, 0.15) is 37.8 Å². The second-order valence-corrected chi connectivity index (χ2v) is 11.0. The Kier molecular flexibility index (Phi) is 7.98. The van der Waals surface area contributed by atoms with Gasteiger partial charge in [0.25, 0.3) is 10.0 Å². The first-order valence-electron chi connectivity index (χ1n) is 11.4. The number of benzene rings is 1. The summed E-state index contributed by atoms with van der Waals surface area (Å²) in [5.41, 5.74) is 1.58. The third-order valence-electron chi connectivity index (χ3n) is 6.42. The molecule has 0 unspecified atom stereocenters. The average Bonchev–Trinajstić information content (AvgIpc) is 3.38. The molecular formula is C24H28F2N4O3S2. The molecule has 1 N–H and O–H groups in total. The number of hydrogen-bond donors (Lipinski definition) is 1. The van der Waals surface area contributed by atoms with Crippen LogP contribution in [0.5, 0.6) is 5.75 Å². The van der Waals surface area contributed by atoms with Gasteiger partial charge in [-0.2, -0.15) is 4.37 Å². The van der Waals surface area contributed by atoms with Crippen molar-refractivity contribution >= 4 is 26.7 Å². The van der Waals surface area contributed by atoms with Crippen molar-refractivity contribution in [1.82, 2.24) is 14.3 Å². The third kappa shape index (κ3) is 5.79. The maximum Gasteiger partial charge on any atom is 0.263 e. The monoisotopic (exact) mass is 522 g/mol. The zero-order valence-corrected chi connectivity index (χ0v) is 21.0. The number of nitrogens with one attached hydrogen (secondary N) is 1. The van der Waals surface area contributed by atoms with Crippen molar-refractivity contribution in [1.29, 1.82) is 0 Å². The summed E-state index contributed by atoms with van der Waals surface area (Å²) in [5, 5.41) is 0.181. The minimum Gasteiger partial charge on any atom is -0.493 e. The smallest absolute Gasteiger partial charge is 0.263 e. The fourth-order valence-corrected chi connectivity index (χ4v) is 6.26. The highest BCUT2D eigenvalue weighted by atomic mass is 32.2. The van der Waals surface area contributed by atoms with Gasteiger partial charge in [-0.3, -0.25) is 14.0 Å². The van der Waals surface area contributed by atoms with Crippen LogP contribution in [0, 0.1) is 5.92 Å². The van der Waals surface area contributed by atoms with Gasteiger partial charge in [0.1, 0.15) is 17.9 Å². The van der Waals surface area contributed by atoms with E-state index in [1.165, 1.54) is 24.5 Å². The lowest BCUT2D eigenvalue weighted by Gasteiger charge is -2.45. The second-order valence-electron chi connectivity index (χ2n) is 8.58. The van der Waals surface area contributed by atoms with Crippen LogP contribution < -0.4 is 9.46 Å². The quantitative estimate of drug-likeness (QED) is 0.480. The number of halogens is 2. The zero-order chi connectivity index (χ0) is 25.0. The molecule has 1 aromatic heterocycles. The lowest BCUT2D eigenvalue weighted by atomic mass is 9.85. The number of nitrogens with zero attached hydrogens (tertiary/aromatic N) is 3. The van der Waals surface area contributed by atoms with Crippen molar-refractivity contribution in [2.24, 2.45) is 5.92 Å². The number of fused-ring (bicyclic) bond motifs is 1. The summed E-state index contributed by atoms with van der Waals surface area (Å²) < 4.78 is 64.9. The fraction of sp³-hybridized carbons (Fsp3) is 0.417. The van der Waals surface area contributed by atoms with E-state index in [2.05, 4.69) is 25.6 Å². The molecule has 2 aromatic rings. The molecule has 2 aliphatic heterocycles. The summed E-state index contributed by atoms with van der Waals surface area (Å²) in [4.78, 5) is 6.20. The van der Waals surface area contributed by atoms with Gasteiger partial charge in [0, 0.05) is 41.7 Å². The van der Waals surface area contributed by atoms with E-state index in [4.69, 9.17) is 4.74 Å². The van der Waals surface area contributed by atoms with Gasteiger partial charge in [0.05, 0.1) is 18.2 Å². The average molecular weight is 523 g/mol. The van der Waals surface area contributed by atoms with Gasteiger partial charge in [0.2, 0.25) is 5.13 Å². The standard InChI is InChI=1S/C24H28F2N4O3S2/c1-3-18(26)5-4-16(2)22-12-17(14-25)8-10-30(22)21-9-11-33-23-13-19(6-7-20(21)23)35(31,32)29-24-27-15-28-34-24/h3-7,13,15,17,21-22H,2,8-12,14H2,1H3,(H,27,28,29)/b5-4-,18-3+/t17-,21+,22+/m0/s1. The van der Waals surface area contributed by atoms with Gasteiger partial charge >= 0.3 is 0 Å². The number of piperidine rings is 1. The highest BCUT2D eigenvalue weighted by Gasteiger charge is 2.37. The number of hydrogen-bond acceptors (Lipinski definition) is 7. The molecule has 11 heteroatoms. The minimum atomic E-state index is -3.85. The molecule has 2 aliphatic rings. The zero-order valence-electron chi connectivity index (χ0n) is 19.4. The van der Waals surface area contributed by atoms with Gasteiger partial charge < -0.3 is 4.74 Å². The van der Waals surface area contributed by atoms with Crippen LogP contribution >= 0.6 is 11.5 Å². The molecule has 3 atom stereocenters. The lowest BCUT2D eigenvalue weighted by Crippen LogP contribution is -2.46. The van der Waals surface area contributed by atoms with Gasteiger partial charge in [-0.1, -0.05) is 24.8 Å². The largest absolute Gasteiger partial charge is 0.493 e. The van der Waals surface area contributed by atoms with E-state index in [1.54, 1.807) is 25.1 Å². The fourth-order valence-electron chi connectivity index (χ4n) is 4.58. The van der Waals surface area contributed by atoms with E-state index in [1.807, 2.05) is 0 Å². The Morgan fingerprint density at radius 1 is 1.37 bits per heavy atom. The predicted molar refractivity (Wildman–Crippen MR) is 132 cm³/mol. The van der Waals surface area contributed by atoms with Crippen molar-refractivity contribution in [3.63, 3.8) is 0 Å². The number of sulfonamides is 1. The Hall–Kier alpha value is -2.63. The highest BCUT2D eigenvalue weighted by Crippen LogP contribution is 2.42. The van der Waals surface area contributed by atoms with E-state index in [0.29, 0.717) is 43.7 Å². The number of allylic oxidation sites excluding steroid dienone is 3. The SMILES string of the molecule is C=C(/C=C\C(F)=C/C)[C@H]1C[C@@H](CF)CCN1[C@@H]1CCOc2cc(S(=O)(=O)Nc3ncns3)ccc21. The summed E-state index contributed by atoms with van der Waals surface area (Å²) in [6.45, 7) is 6.44. The third-order valence-corrected chi connectivity index (χ3v) is 8.46. The number of rotatable bonds is 8. The summed E-state index contributed by atoms with van der Waals surface area (Å²) in [7, 11) is -3.85. The van der Waals surface area contributed by atoms with Crippen molar-refractivity contribution in [3.05, 3.63) is 66.3 Å². The van der Waals surface area contributed by atoms with Crippen LogP contribution in [0.2, 0.25) is 0 Å². The Labute approximate surface area is 208 Å². The Morgan fingerprint density at radius 3 is 2.91 bits per heavy atom. The van der Waals surface area contributed by atoms with Gasteiger partial charge in [-0.05, 0) is 49.9 Å². The maximum atomic E-state index is 13.7. The molecule has 0 saturated carbocycles. The Bertz CT molecular complexity index is 1220. The molecule has 0 bridgehead atoms. The lowest BCUT2D eigenvalue weighted by molar-refractivity contribution is 0.0575. The predicted octanol–water partition coefficient (Wildman–Crippen LogP) is 5.20. The molecule has 35 heavy (non-hydrogen) atoms. The molecule has 1 fully saturated rings. The van der Waals surface area contributed by atoms with Gasteiger partial charge in [0.15, 0.2) is 0 Å². The first-order chi connectivity index (χ1) is 16.8. The number of aromatic nitrogens is 2. The molecule has 0 radical (unpaired) electrons. The molecular weight excluding hydrogens is 494 g/mol. The molecule has 188 valence electrons. The minimum absolute atomic E-state index is 0.0612. The molecule has 3 heterocycles. The van der Waals surface area contributed by atoms with Crippen LogP contribution in [0.15, 0.2) is 65.6 Å². The van der Waals surface area contributed by atoms with Crippen LogP contribution in [0.3, 0.4) is 0 Å². The van der Waals surface area contributed by atoms with Crippen LogP contribution in [-0.2, 0) is 10.0 Å². The van der Waals surface area contributed by atoms with E-state index in [-0.39, 0.29) is 33.9 Å². The molecule has 0 aliphatic carbocycles. The van der Waals surface area contributed by atoms with Crippen molar-refractivity contribution in [2.45, 2.75) is 43.2 Å². The first-order valence-corrected chi connectivity index (χ1v) is 13.6. The van der Waals surface area contributed by atoms with Crippen LogP contribution in [-0.4, -0.2) is 48.5 Å². The molecule has 4 rings (SSSR count). The Balaban J connectivity index is 1.61. The van der Waals surface area contributed by atoms with E-state index in [9.17, 15) is 17.2 Å². The van der Waals surface area contributed by atoms with Crippen molar-refractivity contribution < 1.29 is 21.9 Å². The van der Waals surface area contributed by atoms with Crippen LogP contribution in [0.4, 0.5) is 13.9 Å². The number of likely N-dealkylation sites (tertiary alicyclic amines) is 1. The van der Waals surface area contributed by atoms with Gasteiger partial charge in [-0.15, -0.1) is 0 Å². The topological polar surface area (TPSA) is 84.4 Å². The van der Waals surface area contributed by atoms with E-state index < -0.39 is 16.7 Å². The summed E-state index contributed by atoms with van der Waals surface area (Å²) >= 11 is 0.948. The number of alkyl halides is 1. The van der Waals surface area contributed by atoms with E-state index in [0.717, 1.165) is 17.1 Å². The molecule has 1 saturated heterocycles.